The van der Waals surface area contributed by atoms with Crippen molar-refractivity contribution in [3.63, 3.8) is 0 Å². The van der Waals surface area contributed by atoms with E-state index in [0.717, 1.165) is 12.8 Å². The summed E-state index contributed by atoms with van der Waals surface area (Å²) in [7, 11) is 0. The first-order valence-corrected chi connectivity index (χ1v) is 12.2. The van der Waals surface area contributed by atoms with Gasteiger partial charge in [-0.15, -0.1) is 12.8 Å². The minimum atomic E-state index is -0.785. The van der Waals surface area contributed by atoms with Crippen LogP contribution in [0.15, 0.2) is 0 Å². The van der Waals surface area contributed by atoms with Gasteiger partial charge in [0.15, 0.2) is 0 Å². The first kappa shape index (κ1) is 36.5. The molecule has 0 aliphatic heterocycles. The van der Waals surface area contributed by atoms with Crippen LogP contribution in [-0.2, 0) is 19.2 Å². The maximum Gasteiger partial charge on any atom is 0.306 e. The summed E-state index contributed by atoms with van der Waals surface area (Å²) in [5, 5.41) is 11.4. The Morgan fingerprint density at radius 1 is 0.743 bits per heavy atom. The summed E-state index contributed by atoms with van der Waals surface area (Å²) in [6.07, 6.45) is 14.9. The number of hydrogen-bond donors (Lipinski definition) is 5. The Labute approximate surface area is 211 Å². The fourth-order valence-electron chi connectivity index (χ4n) is 3.21. The Morgan fingerprint density at radius 2 is 1.09 bits per heavy atom. The summed E-state index contributed by atoms with van der Waals surface area (Å²) in [6.45, 7) is 8.20. The molecule has 0 spiro atoms. The zero-order valence-corrected chi connectivity index (χ0v) is 21.8. The van der Waals surface area contributed by atoms with Crippen LogP contribution in [-0.4, -0.2) is 41.9 Å². The summed E-state index contributed by atoms with van der Waals surface area (Å²) < 4.78 is 0. The second-order valence-corrected chi connectivity index (χ2v) is 8.05. The molecule has 0 saturated carbocycles. The van der Waals surface area contributed by atoms with Crippen LogP contribution in [0.2, 0.25) is 0 Å². The van der Waals surface area contributed by atoms with E-state index < -0.39 is 5.97 Å². The highest BCUT2D eigenvalue weighted by molar-refractivity contribution is 5.79. The summed E-state index contributed by atoms with van der Waals surface area (Å²) >= 11 is 0. The fourth-order valence-corrected chi connectivity index (χ4v) is 3.21. The topological polar surface area (TPSA) is 179 Å². The molecule has 4 unspecified atom stereocenters. The van der Waals surface area contributed by atoms with Crippen molar-refractivity contribution in [2.45, 2.75) is 79.1 Å². The number of nitrogens with two attached hydrogens (primary N) is 3. The van der Waals surface area contributed by atoms with Crippen molar-refractivity contribution >= 4 is 23.7 Å². The molecule has 0 aromatic carbocycles. The summed E-state index contributed by atoms with van der Waals surface area (Å²) in [5.74, 6) is 2.40. The lowest BCUT2D eigenvalue weighted by Crippen LogP contribution is -2.31. The van der Waals surface area contributed by atoms with E-state index in [1.54, 1.807) is 0 Å². The Bertz CT molecular complexity index is 675. The van der Waals surface area contributed by atoms with E-state index in [9.17, 15) is 19.2 Å². The maximum absolute atomic E-state index is 11.7. The van der Waals surface area contributed by atoms with E-state index in [4.69, 9.17) is 28.7 Å². The quantitative estimate of drug-likeness (QED) is 0.217. The molecule has 0 aromatic heterocycles. The second-order valence-electron chi connectivity index (χ2n) is 8.05. The molecule has 4 atom stereocenters. The van der Waals surface area contributed by atoms with Gasteiger partial charge in [0.2, 0.25) is 17.7 Å². The maximum atomic E-state index is 11.7. The van der Waals surface area contributed by atoms with Gasteiger partial charge in [-0.3, -0.25) is 19.2 Å². The predicted molar refractivity (Wildman–Crippen MR) is 139 cm³/mol. The van der Waals surface area contributed by atoms with E-state index in [1.807, 2.05) is 27.7 Å². The minimum absolute atomic E-state index is 0.0372. The molecule has 0 radical (unpaired) electrons. The predicted octanol–water partition coefficient (Wildman–Crippen LogP) is 2.02. The van der Waals surface area contributed by atoms with Gasteiger partial charge in [0.1, 0.15) is 0 Å². The molecule has 0 aliphatic rings. The fraction of sp³-hybridized carbons (Fsp3) is 0.692. The van der Waals surface area contributed by atoms with Gasteiger partial charge in [-0.2, -0.15) is 0 Å². The van der Waals surface area contributed by atoms with Crippen molar-refractivity contribution in [2.24, 2.45) is 40.9 Å². The van der Waals surface area contributed by atoms with Crippen LogP contribution in [0.3, 0.4) is 0 Å². The largest absolute Gasteiger partial charge is 0.481 e. The normalized spacial score (nSPS) is 13.0. The number of terminal acetylenes is 2. The molecule has 0 bridgehead atoms. The molecule has 9 nitrogen and oxygen atoms in total. The molecule has 8 N–H and O–H groups in total. The first-order chi connectivity index (χ1) is 16.5. The molecule has 0 fully saturated rings. The van der Waals surface area contributed by atoms with Gasteiger partial charge in [-0.25, -0.2) is 0 Å². The Morgan fingerprint density at radius 3 is 1.34 bits per heavy atom. The average Bonchev–Trinajstić information content (AvgIpc) is 2.83. The number of carboxylic acid groups (broad SMARTS) is 1. The number of nitrogens with one attached hydrogen (secondary N) is 1. The molecular formula is C26H46N4O5. The lowest BCUT2D eigenvalue weighted by molar-refractivity contribution is -0.142. The van der Waals surface area contributed by atoms with Crippen LogP contribution in [0.4, 0.5) is 0 Å². The number of aliphatic carboxylic acids is 1. The van der Waals surface area contributed by atoms with Gasteiger partial charge in [0.25, 0.3) is 0 Å². The summed E-state index contributed by atoms with van der Waals surface area (Å²) in [5.41, 5.74) is 15.2. The van der Waals surface area contributed by atoms with Crippen LogP contribution in [0.1, 0.15) is 79.1 Å². The van der Waals surface area contributed by atoms with E-state index in [-0.39, 0.29) is 47.9 Å². The molecule has 200 valence electrons. The Kier molecular flexibility index (Phi) is 25.1. The molecule has 35 heavy (non-hydrogen) atoms. The number of carbonyl (C=O) groups excluding carboxylic acids is 3. The van der Waals surface area contributed by atoms with Crippen LogP contribution < -0.4 is 22.5 Å². The molecule has 3 amide bonds. The van der Waals surface area contributed by atoms with Crippen LogP contribution >= 0.6 is 0 Å². The summed E-state index contributed by atoms with van der Waals surface area (Å²) in [4.78, 5) is 44.3. The number of amides is 3. The number of carboxylic acids is 1. The molecule has 0 aliphatic carbocycles. The Balaban J connectivity index is -0.000000514. The highest BCUT2D eigenvalue weighted by atomic mass is 16.4. The average molecular weight is 495 g/mol. The molecule has 9 heteroatoms. The number of rotatable bonds is 15. The number of hydrogen-bond acceptors (Lipinski definition) is 5. The highest BCUT2D eigenvalue weighted by Crippen LogP contribution is 2.19. The first-order valence-electron chi connectivity index (χ1n) is 12.2. The lowest BCUT2D eigenvalue weighted by Gasteiger charge is -2.16. The van der Waals surface area contributed by atoms with E-state index in [0.29, 0.717) is 45.1 Å². The monoisotopic (exact) mass is 494 g/mol. The number of carbonyl (C=O) groups is 4. The SMILES string of the molecule is C#CCN.C#CCNC(=O)C(CC)CCC(CC)C(N)=O.CCC(CCC(CC)C(=O)O)C(N)=O. The van der Waals surface area contributed by atoms with Gasteiger partial charge in [-0.1, -0.05) is 39.5 Å². The van der Waals surface area contributed by atoms with Crippen molar-refractivity contribution in [3.05, 3.63) is 0 Å². The molecule has 0 heterocycles. The standard InChI is InChI=1S/C13H22N2O2.C10H19NO3.C3H5N/c1-4-9-15-13(17)11(6-3)8-7-10(5-2)12(14)16;1-3-7(9(11)12)5-6-8(4-2)10(13)14;1-2-3-4/h1,10-11H,5-9H2,2-3H3,(H2,14,16)(H,15,17);7-8H,3-6H2,1-2H3,(H2,11,12)(H,13,14);1H,3-4H2. The van der Waals surface area contributed by atoms with Crippen LogP contribution in [0, 0.1) is 48.4 Å². The van der Waals surface area contributed by atoms with Gasteiger partial charge in [-0.05, 0) is 51.4 Å². The molecule has 0 saturated heterocycles. The third-order valence-corrected chi connectivity index (χ3v) is 5.71. The molecular weight excluding hydrogens is 448 g/mol. The Hall–Kier alpha value is -3.04. The molecule has 0 aromatic rings. The minimum Gasteiger partial charge on any atom is -0.481 e. The highest BCUT2D eigenvalue weighted by Gasteiger charge is 2.20. The smallest absolute Gasteiger partial charge is 0.306 e. The number of primary amides is 2. The third-order valence-electron chi connectivity index (χ3n) is 5.71. The zero-order chi connectivity index (χ0) is 27.8. The van der Waals surface area contributed by atoms with Crippen molar-refractivity contribution in [1.82, 2.24) is 5.32 Å². The van der Waals surface area contributed by atoms with Gasteiger partial charge >= 0.3 is 5.97 Å². The van der Waals surface area contributed by atoms with Crippen molar-refractivity contribution in [3.8, 4) is 24.7 Å². The van der Waals surface area contributed by atoms with E-state index in [2.05, 4.69) is 23.6 Å². The van der Waals surface area contributed by atoms with Crippen LogP contribution in [0.5, 0.6) is 0 Å². The van der Waals surface area contributed by atoms with E-state index >= 15 is 0 Å². The van der Waals surface area contributed by atoms with Crippen molar-refractivity contribution in [2.75, 3.05) is 13.1 Å². The van der Waals surface area contributed by atoms with Gasteiger partial charge < -0.3 is 27.6 Å². The second kappa shape index (κ2) is 24.1. The zero-order valence-electron chi connectivity index (χ0n) is 21.8. The lowest BCUT2D eigenvalue weighted by atomic mass is 9.91. The third kappa shape index (κ3) is 20.1. The van der Waals surface area contributed by atoms with Crippen molar-refractivity contribution < 1.29 is 24.3 Å². The summed E-state index contributed by atoms with van der Waals surface area (Å²) in [6, 6.07) is 0. The van der Waals surface area contributed by atoms with Crippen LogP contribution in [0.25, 0.3) is 0 Å². The van der Waals surface area contributed by atoms with E-state index in [1.165, 1.54) is 0 Å². The van der Waals surface area contributed by atoms with Gasteiger partial charge in [0, 0.05) is 17.8 Å². The van der Waals surface area contributed by atoms with Gasteiger partial charge in [0.05, 0.1) is 19.0 Å². The molecule has 0 rings (SSSR count). The van der Waals surface area contributed by atoms with Crippen molar-refractivity contribution in [1.29, 1.82) is 0 Å².